The molecule has 1 rings (SSSR count). The van der Waals surface area contributed by atoms with Gasteiger partial charge >= 0.3 is 0 Å². The predicted molar refractivity (Wildman–Crippen MR) is 88.0 cm³/mol. The molecule has 1 aromatic rings. The second-order valence-corrected chi connectivity index (χ2v) is 4.98. The van der Waals surface area contributed by atoms with E-state index in [0.717, 1.165) is 24.4 Å². The second kappa shape index (κ2) is 9.19. The second-order valence-electron chi connectivity index (χ2n) is 4.98. The van der Waals surface area contributed by atoms with Crippen LogP contribution in [-0.2, 0) is 4.74 Å². The SMILES string of the molecule is C=C(C)COCCNC(=O)c1ccc(N(CC)CC)cc1. The maximum atomic E-state index is 12.0. The topological polar surface area (TPSA) is 41.6 Å². The Bertz CT molecular complexity index is 450. The molecule has 1 amide bonds. The maximum Gasteiger partial charge on any atom is 0.251 e. The molecule has 1 aromatic carbocycles. The van der Waals surface area contributed by atoms with Crippen molar-refractivity contribution in [2.24, 2.45) is 0 Å². The van der Waals surface area contributed by atoms with Crippen LogP contribution in [0.3, 0.4) is 0 Å². The van der Waals surface area contributed by atoms with Gasteiger partial charge in [-0.25, -0.2) is 0 Å². The fourth-order valence-electron chi connectivity index (χ4n) is 2.00. The molecular weight excluding hydrogens is 264 g/mol. The normalized spacial score (nSPS) is 10.2. The Labute approximate surface area is 127 Å². The summed E-state index contributed by atoms with van der Waals surface area (Å²) < 4.78 is 5.34. The van der Waals surface area contributed by atoms with Gasteiger partial charge in [0.15, 0.2) is 0 Å². The summed E-state index contributed by atoms with van der Waals surface area (Å²) in [5.74, 6) is -0.0694. The van der Waals surface area contributed by atoms with Crippen LogP contribution in [0, 0.1) is 0 Å². The van der Waals surface area contributed by atoms with Crippen molar-refractivity contribution in [3.8, 4) is 0 Å². The number of carbonyl (C=O) groups excluding carboxylic acids is 1. The van der Waals surface area contributed by atoms with Crippen LogP contribution in [0.25, 0.3) is 0 Å². The highest BCUT2D eigenvalue weighted by Gasteiger charge is 2.06. The van der Waals surface area contributed by atoms with E-state index in [1.807, 2.05) is 31.2 Å². The molecular formula is C17H26N2O2. The first-order valence-corrected chi connectivity index (χ1v) is 7.43. The lowest BCUT2D eigenvalue weighted by Crippen LogP contribution is -2.27. The number of amides is 1. The van der Waals surface area contributed by atoms with E-state index >= 15 is 0 Å². The number of benzene rings is 1. The lowest BCUT2D eigenvalue weighted by Gasteiger charge is -2.21. The van der Waals surface area contributed by atoms with Gasteiger partial charge in [0.25, 0.3) is 5.91 Å². The van der Waals surface area contributed by atoms with Crippen molar-refractivity contribution in [3.63, 3.8) is 0 Å². The first kappa shape index (κ1) is 17.2. The number of carbonyl (C=O) groups is 1. The number of anilines is 1. The minimum atomic E-state index is -0.0694. The van der Waals surface area contributed by atoms with Gasteiger partial charge in [0.2, 0.25) is 0 Å². The van der Waals surface area contributed by atoms with Crippen molar-refractivity contribution in [2.75, 3.05) is 37.7 Å². The van der Waals surface area contributed by atoms with Crippen molar-refractivity contribution in [1.29, 1.82) is 0 Å². The van der Waals surface area contributed by atoms with Crippen LogP contribution in [0.5, 0.6) is 0 Å². The molecule has 0 aliphatic carbocycles. The zero-order chi connectivity index (χ0) is 15.7. The van der Waals surface area contributed by atoms with Crippen molar-refractivity contribution in [1.82, 2.24) is 5.32 Å². The summed E-state index contributed by atoms with van der Waals surface area (Å²) in [6, 6.07) is 7.69. The summed E-state index contributed by atoms with van der Waals surface area (Å²) >= 11 is 0. The van der Waals surface area contributed by atoms with E-state index in [4.69, 9.17) is 4.74 Å². The molecule has 0 heterocycles. The number of hydrogen-bond donors (Lipinski definition) is 1. The monoisotopic (exact) mass is 290 g/mol. The number of rotatable bonds is 9. The highest BCUT2D eigenvalue weighted by atomic mass is 16.5. The van der Waals surface area contributed by atoms with Gasteiger partial charge in [-0.05, 0) is 45.0 Å². The van der Waals surface area contributed by atoms with Gasteiger partial charge in [-0.15, -0.1) is 0 Å². The number of nitrogens with zero attached hydrogens (tertiary/aromatic N) is 1. The molecule has 0 aliphatic rings. The zero-order valence-electron chi connectivity index (χ0n) is 13.3. The molecule has 21 heavy (non-hydrogen) atoms. The van der Waals surface area contributed by atoms with Gasteiger partial charge in [0.05, 0.1) is 13.2 Å². The fourth-order valence-corrected chi connectivity index (χ4v) is 2.00. The van der Waals surface area contributed by atoms with Crippen LogP contribution in [0.15, 0.2) is 36.4 Å². The van der Waals surface area contributed by atoms with E-state index < -0.39 is 0 Å². The van der Waals surface area contributed by atoms with Crippen LogP contribution < -0.4 is 10.2 Å². The Kier molecular flexibility index (Phi) is 7.54. The van der Waals surface area contributed by atoms with Gasteiger partial charge in [-0.3, -0.25) is 4.79 Å². The van der Waals surface area contributed by atoms with E-state index in [2.05, 4.69) is 30.6 Å². The average Bonchev–Trinajstić information content (AvgIpc) is 2.48. The molecule has 4 nitrogen and oxygen atoms in total. The standard InChI is InChI=1S/C17H26N2O2/c1-5-19(6-2)16-9-7-15(8-10-16)17(20)18-11-12-21-13-14(3)4/h7-10H,3,5-6,11-13H2,1-2,4H3,(H,18,20). The lowest BCUT2D eigenvalue weighted by molar-refractivity contribution is 0.0927. The molecule has 0 fully saturated rings. The third-order valence-corrected chi connectivity index (χ3v) is 3.14. The maximum absolute atomic E-state index is 12.0. The fraction of sp³-hybridized carbons (Fsp3) is 0.471. The van der Waals surface area contributed by atoms with Crippen molar-refractivity contribution < 1.29 is 9.53 Å². The minimum absolute atomic E-state index is 0.0694. The Morgan fingerprint density at radius 3 is 2.38 bits per heavy atom. The average molecular weight is 290 g/mol. The van der Waals surface area contributed by atoms with Crippen molar-refractivity contribution in [3.05, 3.63) is 42.0 Å². The third kappa shape index (κ3) is 6.00. The molecule has 0 radical (unpaired) electrons. The third-order valence-electron chi connectivity index (χ3n) is 3.14. The molecule has 0 aromatic heterocycles. The molecule has 0 atom stereocenters. The van der Waals surface area contributed by atoms with Crippen molar-refractivity contribution >= 4 is 11.6 Å². The Morgan fingerprint density at radius 1 is 1.24 bits per heavy atom. The highest BCUT2D eigenvalue weighted by molar-refractivity contribution is 5.94. The van der Waals surface area contributed by atoms with E-state index in [1.165, 1.54) is 0 Å². The summed E-state index contributed by atoms with van der Waals surface area (Å²) in [7, 11) is 0. The molecule has 0 bridgehead atoms. The molecule has 0 unspecified atom stereocenters. The quantitative estimate of drug-likeness (QED) is 0.561. The van der Waals surface area contributed by atoms with Crippen LogP contribution in [-0.4, -0.2) is 38.8 Å². The van der Waals surface area contributed by atoms with Gasteiger partial charge in [-0.1, -0.05) is 12.2 Å². The molecule has 116 valence electrons. The van der Waals surface area contributed by atoms with E-state index in [-0.39, 0.29) is 5.91 Å². The Hall–Kier alpha value is -1.81. The summed E-state index contributed by atoms with van der Waals surface area (Å²) in [5.41, 5.74) is 2.79. The predicted octanol–water partition coefficient (Wildman–Crippen LogP) is 2.86. The molecule has 0 saturated heterocycles. The lowest BCUT2D eigenvalue weighted by atomic mass is 10.2. The summed E-state index contributed by atoms with van der Waals surface area (Å²) in [6.45, 7) is 13.4. The van der Waals surface area contributed by atoms with Crippen LogP contribution >= 0.6 is 0 Å². The molecule has 4 heteroatoms. The molecule has 1 N–H and O–H groups in total. The molecule has 0 aliphatic heterocycles. The van der Waals surface area contributed by atoms with Crippen LogP contribution in [0.2, 0.25) is 0 Å². The summed E-state index contributed by atoms with van der Waals surface area (Å²) in [4.78, 5) is 14.2. The summed E-state index contributed by atoms with van der Waals surface area (Å²) in [5, 5.41) is 2.84. The van der Waals surface area contributed by atoms with Gasteiger partial charge in [0.1, 0.15) is 0 Å². The summed E-state index contributed by atoms with van der Waals surface area (Å²) in [6.07, 6.45) is 0. The van der Waals surface area contributed by atoms with E-state index in [1.54, 1.807) is 0 Å². The molecule has 0 spiro atoms. The Morgan fingerprint density at radius 2 is 1.86 bits per heavy atom. The number of hydrogen-bond acceptors (Lipinski definition) is 3. The Balaban J connectivity index is 2.42. The molecule has 0 saturated carbocycles. The number of nitrogens with one attached hydrogen (secondary N) is 1. The van der Waals surface area contributed by atoms with Gasteiger partial charge in [0, 0.05) is 30.9 Å². The zero-order valence-corrected chi connectivity index (χ0v) is 13.3. The first-order chi connectivity index (χ1) is 10.1. The van der Waals surface area contributed by atoms with Crippen LogP contribution in [0.4, 0.5) is 5.69 Å². The van der Waals surface area contributed by atoms with Gasteiger partial charge in [-0.2, -0.15) is 0 Å². The van der Waals surface area contributed by atoms with Gasteiger partial charge < -0.3 is 15.0 Å². The first-order valence-electron chi connectivity index (χ1n) is 7.43. The van der Waals surface area contributed by atoms with Crippen LogP contribution in [0.1, 0.15) is 31.1 Å². The van der Waals surface area contributed by atoms with E-state index in [9.17, 15) is 4.79 Å². The van der Waals surface area contributed by atoms with Crippen molar-refractivity contribution in [2.45, 2.75) is 20.8 Å². The minimum Gasteiger partial charge on any atom is -0.375 e. The highest BCUT2D eigenvalue weighted by Crippen LogP contribution is 2.14. The van der Waals surface area contributed by atoms with E-state index in [0.29, 0.717) is 25.3 Å². The largest absolute Gasteiger partial charge is 0.375 e. The number of ether oxygens (including phenoxy) is 1. The smallest absolute Gasteiger partial charge is 0.251 e.